The van der Waals surface area contributed by atoms with Crippen LogP contribution in [0.2, 0.25) is 0 Å². The highest BCUT2D eigenvalue weighted by Crippen LogP contribution is 2.17. The normalized spacial score (nSPS) is 10.8. The van der Waals surface area contributed by atoms with Crippen LogP contribution in [0.3, 0.4) is 0 Å². The summed E-state index contributed by atoms with van der Waals surface area (Å²) in [6.07, 6.45) is 0. The number of urea groups is 1. The highest BCUT2D eigenvalue weighted by atomic mass is 32.2. The van der Waals surface area contributed by atoms with Crippen molar-refractivity contribution in [1.29, 1.82) is 0 Å². The van der Waals surface area contributed by atoms with Gasteiger partial charge in [0, 0.05) is 5.69 Å². The minimum absolute atomic E-state index is 0.0126. The van der Waals surface area contributed by atoms with Crippen molar-refractivity contribution in [3.63, 3.8) is 0 Å². The van der Waals surface area contributed by atoms with E-state index in [1.54, 1.807) is 42.5 Å². The van der Waals surface area contributed by atoms with Crippen molar-refractivity contribution < 1.29 is 22.7 Å². The molecule has 0 fully saturated rings. The van der Waals surface area contributed by atoms with E-state index in [4.69, 9.17) is 4.74 Å². The molecule has 0 bridgehead atoms. The second kappa shape index (κ2) is 8.57. The Kier molecular flexibility index (Phi) is 5.94. The monoisotopic (exact) mass is 410 g/mol. The van der Waals surface area contributed by atoms with E-state index in [1.165, 1.54) is 36.4 Å². The summed E-state index contributed by atoms with van der Waals surface area (Å²) in [6.45, 7) is 1.83. The van der Waals surface area contributed by atoms with E-state index in [2.05, 4.69) is 5.32 Å². The summed E-state index contributed by atoms with van der Waals surface area (Å²) in [4.78, 5) is 24.0. The van der Waals surface area contributed by atoms with Crippen molar-refractivity contribution in [3.05, 3.63) is 90.0 Å². The highest BCUT2D eigenvalue weighted by Gasteiger charge is 2.17. The van der Waals surface area contributed by atoms with Gasteiger partial charge in [-0.05, 0) is 55.5 Å². The molecule has 0 saturated heterocycles. The van der Waals surface area contributed by atoms with Crippen LogP contribution < -0.4 is 14.8 Å². The molecule has 148 valence electrons. The van der Waals surface area contributed by atoms with Gasteiger partial charge in [0.15, 0.2) is 0 Å². The van der Waals surface area contributed by atoms with Gasteiger partial charge >= 0.3 is 12.0 Å². The fraction of sp³-hybridized carbons (Fsp3) is 0.0476. The van der Waals surface area contributed by atoms with E-state index in [-0.39, 0.29) is 10.6 Å². The summed E-state index contributed by atoms with van der Waals surface area (Å²) >= 11 is 0. The maximum atomic E-state index is 12.2. The molecule has 2 N–H and O–H groups in total. The van der Waals surface area contributed by atoms with Crippen molar-refractivity contribution >= 4 is 27.7 Å². The van der Waals surface area contributed by atoms with Crippen molar-refractivity contribution in [3.8, 4) is 5.75 Å². The number of anilines is 1. The zero-order valence-corrected chi connectivity index (χ0v) is 16.3. The summed E-state index contributed by atoms with van der Waals surface area (Å²) in [5, 5.41) is 2.42. The lowest BCUT2D eigenvalue weighted by molar-refractivity contribution is 0.0734. The molecule has 8 heteroatoms. The molecule has 3 aromatic carbocycles. The van der Waals surface area contributed by atoms with Crippen LogP contribution in [0.5, 0.6) is 5.75 Å². The SMILES string of the molecule is Cc1ccc(S(=O)(=O)NC(=O)Nc2ccc(OC(=O)c3ccccc3)cc2)cc1. The van der Waals surface area contributed by atoms with Crippen LogP contribution in [-0.4, -0.2) is 20.4 Å². The molecule has 0 unspecified atom stereocenters. The summed E-state index contributed by atoms with van der Waals surface area (Å²) in [6, 6.07) is 19.7. The van der Waals surface area contributed by atoms with Gasteiger partial charge in [-0.15, -0.1) is 0 Å². The first-order valence-corrected chi connectivity index (χ1v) is 10.1. The van der Waals surface area contributed by atoms with Crippen LogP contribution >= 0.6 is 0 Å². The topological polar surface area (TPSA) is 102 Å². The molecule has 3 aromatic rings. The van der Waals surface area contributed by atoms with E-state index < -0.39 is 22.0 Å². The fourth-order valence-corrected chi connectivity index (χ4v) is 3.31. The Bertz CT molecular complexity index is 1110. The van der Waals surface area contributed by atoms with Crippen molar-refractivity contribution in [2.75, 3.05) is 5.32 Å². The lowest BCUT2D eigenvalue weighted by Crippen LogP contribution is -2.34. The summed E-state index contributed by atoms with van der Waals surface area (Å²) in [5.74, 6) is -0.217. The van der Waals surface area contributed by atoms with Gasteiger partial charge in [0.25, 0.3) is 10.0 Å². The molecule has 29 heavy (non-hydrogen) atoms. The number of rotatable bonds is 5. The predicted octanol–water partition coefficient (Wildman–Crippen LogP) is 3.72. The van der Waals surface area contributed by atoms with Gasteiger partial charge in [-0.3, -0.25) is 0 Å². The van der Waals surface area contributed by atoms with Crippen LogP contribution in [0.25, 0.3) is 0 Å². The van der Waals surface area contributed by atoms with Crippen molar-refractivity contribution in [2.45, 2.75) is 11.8 Å². The molecule has 2 amide bonds. The first-order chi connectivity index (χ1) is 13.8. The average Bonchev–Trinajstić information content (AvgIpc) is 2.70. The van der Waals surface area contributed by atoms with E-state index in [9.17, 15) is 18.0 Å². The number of ether oxygens (including phenoxy) is 1. The third-order valence-corrected chi connectivity index (χ3v) is 5.24. The largest absolute Gasteiger partial charge is 0.423 e. The van der Waals surface area contributed by atoms with Crippen LogP contribution in [0.1, 0.15) is 15.9 Å². The molecule has 7 nitrogen and oxygen atoms in total. The first kappa shape index (κ1) is 20.1. The average molecular weight is 410 g/mol. The van der Waals surface area contributed by atoms with Gasteiger partial charge in [-0.25, -0.2) is 22.7 Å². The fourth-order valence-electron chi connectivity index (χ4n) is 2.40. The van der Waals surface area contributed by atoms with Crippen LogP contribution in [0, 0.1) is 6.92 Å². The smallest absolute Gasteiger partial charge is 0.343 e. The third kappa shape index (κ3) is 5.43. The molecule has 0 spiro atoms. The number of nitrogens with one attached hydrogen (secondary N) is 2. The van der Waals surface area contributed by atoms with Gasteiger partial charge in [0.05, 0.1) is 10.5 Å². The predicted molar refractivity (Wildman–Crippen MR) is 108 cm³/mol. The van der Waals surface area contributed by atoms with E-state index in [0.717, 1.165) is 5.56 Å². The number of carbonyl (C=O) groups excluding carboxylic acids is 2. The Hall–Kier alpha value is -3.65. The molecule has 0 radical (unpaired) electrons. The molecule has 0 heterocycles. The Labute approximate surface area is 168 Å². The lowest BCUT2D eigenvalue weighted by Gasteiger charge is -2.10. The number of hydrogen-bond acceptors (Lipinski definition) is 5. The number of sulfonamides is 1. The molecular weight excluding hydrogens is 392 g/mol. The van der Waals surface area contributed by atoms with E-state index >= 15 is 0 Å². The summed E-state index contributed by atoms with van der Waals surface area (Å²) < 4.78 is 31.6. The minimum atomic E-state index is -3.98. The summed E-state index contributed by atoms with van der Waals surface area (Å²) in [7, 11) is -3.98. The minimum Gasteiger partial charge on any atom is -0.423 e. The number of carbonyl (C=O) groups is 2. The van der Waals surface area contributed by atoms with Crippen LogP contribution in [0.15, 0.2) is 83.8 Å². The van der Waals surface area contributed by atoms with Gasteiger partial charge < -0.3 is 10.1 Å². The molecule has 3 rings (SSSR count). The van der Waals surface area contributed by atoms with Crippen molar-refractivity contribution in [1.82, 2.24) is 4.72 Å². The molecule has 0 aromatic heterocycles. The maximum Gasteiger partial charge on any atom is 0.343 e. The third-order valence-electron chi connectivity index (χ3n) is 3.89. The Morgan fingerprint density at radius 2 is 1.45 bits per heavy atom. The van der Waals surface area contributed by atoms with Gasteiger partial charge in [-0.2, -0.15) is 0 Å². The number of esters is 1. The molecule has 0 aliphatic rings. The van der Waals surface area contributed by atoms with Gasteiger partial charge in [0.2, 0.25) is 0 Å². The van der Waals surface area contributed by atoms with Gasteiger partial charge in [-0.1, -0.05) is 35.9 Å². The molecule has 0 atom stereocenters. The molecule has 0 aliphatic carbocycles. The number of amides is 2. The number of aryl methyl sites for hydroxylation is 1. The Balaban J connectivity index is 1.60. The zero-order valence-electron chi connectivity index (χ0n) is 15.5. The maximum absolute atomic E-state index is 12.2. The van der Waals surface area contributed by atoms with E-state index in [1.807, 2.05) is 11.6 Å². The second-order valence-corrected chi connectivity index (χ2v) is 7.84. The van der Waals surface area contributed by atoms with Gasteiger partial charge in [0.1, 0.15) is 5.75 Å². The molecular formula is C21H18N2O5S. The lowest BCUT2D eigenvalue weighted by atomic mass is 10.2. The number of hydrogen-bond donors (Lipinski definition) is 2. The van der Waals surface area contributed by atoms with E-state index in [0.29, 0.717) is 11.3 Å². The molecule has 0 aliphatic heterocycles. The Morgan fingerprint density at radius 1 is 0.828 bits per heavy atom. The zero-order chi connectivity index (χ0) is 20.9. The Morgan fingerprint density at radius 3 is 2.07 bits per heavy atom. The quantitative estimate of drug-likeness (QED) is 0.493. The second-order valence-electron chi connectivity index (χ2n) is 6.15. The van der Waals surface area contributed by atoms with Crippen LogP contribution in [0.4, 0.5) is 10.5 Å². The number of benzene rings is 3. The highest BCUT2D eigenvalue weighted by molar-refractivity contribution is 7.90. The van der Waals surface area contributed by atoms with Crippen LogP contribution in [-0.2, 0) is 10.0 Å². The first-order valence-electron chi connectivity index (χ1n) is 8.61. The standard InChI is InChI=1S/C21H18N2O5S/c1-15-7-13-19(14-8-15)29(26,27)23-21(25)22-17-9-11-18(12-10-17)28-20(24)16-5-3-2-4-6-16/h2-14H,1H3,(H2,22,23,25). The molecule has 0 saturated carbocycles. The summed E-state index contributed by atoms with van der Waals surface area (Å²) in [5.41, 5.74) is 1.65. The van der Waals surface area contributed by atoms with Crippen molar-refractivity contribution in [2.24, 2.45) is 0 Å².